The van der Waals surface area contributed by atoms with Gasteiger partial charge in [0, 0.05) is 11.6 Å². The topological polar surface area (TPSA) is 43.8 Å². The van der Waals surface area contributed by atoms with Crippen molar-refractivity contribution < 1.29 is 0 Å². The number of hydrogen-bond donors (Lipinski definition) is 1. The Morgan fingerprint density at radius 2 is 2.19 bits per heavy atom. The molecule has 2 aromatic rings. The maximum atomic E-state index is 6.06. The van der Waals surface area contributed by atoms with Crippen molar-refractivity contribution >= 4 is 22.6 Å². The minimum atomic E-state index is -0.00822. The van der Waals surface area contributed by atoms with Crippen LogP contribution in [0.3, 0.4) is 0 Å². The van der Waals surface area contributed by atoms with Gasteiger partial charge in [0.05, 0.1) is 17.1 Å². The van der Waals surface area contributed by atoms with Crippen LogP contribution in [0.2, 0.25) is 5.02 Å². The number of benzene rings is 1. The van der Waals surface area contributed by atoms with Crippen molar-refractivity contribution in [2.45, 2.75) is 32.9 Å². The Kier molecular flexibility index (Phi) is 3.17. The maximum Gasteiger partial charge on any atom is 0.126 e. The molecule has 86 valence electrons. The number of nitrogens with two attached hydrogens (primary N) is 1. The Hall–Kier alpha value is -1.06. The Morgan fingerprint density at radius 1 is 1.44 bits per heavy atom. The van der Waals surface area contributed by atoms with Gasteiger partial charge in [-0.05, 0) is 31.5 Å². The highest BCUT2D eigenvalue weighted by Crippen LogP contribution is 2.23. The lowest BCUT2D eigenvalue weighted by molar-refractivity contribution is 0.597. The fourth-order valence-corrected chi connectivity index (χ4v) is 2.09. The van der Waals surface area contributed by atoms with Crippen molar-refractivity contribution in [3.63, 3.8) is 0 Å². The third kappa shape index (κ3) is 1.81. The highest BCUT2D eigenvalue weighted by atomic mass is 35.5. The zero-order valence-electron chi connectivity index (χ0n) is 9.57. The maximum absolute atomic E-state index is 6.06. The van der Waals surface area contributed by atoms with E-state index in [-0.39, 0.29) is 6.04 Å². The van der Waals surface area contributed by atoms with Crippen LogP contribution in [0.1, 0.15) is 32.1 Å². The average Bonchev–Trinajstić information content (AvgIpc) is 2.65. The number of nitrogens with zero attached hydrogens (tertiary/aromatic N) is 2. The molecule has 0 aliphatic carbocycles. The molecule has 1 aromatic carbocycles. The Labute approximate surface area is 100 Å². The summed E-state index contributed by atoms with van der Waals surface area (Å²) >= 11 is 5.96. The van der Waals surface area contributed by atoms with E-state index in [1.165, 1.54) is 0 Å². The van der Waals surface area contributed by atoms with Gasteiger partial charge >= 0.3 is 0 Å². The molecule has 0 aliphatic heterocycles. The molecule has 3 nitrogen and oxygen atoms in total. The van der Waals surface area contributed by atoms with Gasteiger partial charge in [0.2, 0.25) is 0 Å². The molecule has 1 heterocycles. The lowest BCUT2D eigenvalue weighted by Crippen LogP contribution is -2.15. The molecule has 16 heavy (non-hydrogen) atoms. The van der Waals surface area contributed by atoms with E-state index in [0.29, 0.717) is 5.02 Å². The van der Waals surface area contributed by atoms with Crippen molar-refractivity contribution in [3.05, 3.63) is 29.0 Å². The van der Waals surface area contributed by atoms with Gasteiger partial charge in [0.1, 0.15) is 5.82 Å². The summed E-state index contributed by atoms with van der Waals surface area (Å²) in [6, 6.07) is 5.76. The fourth-order valence-electron chi connectivity index (χ4n) is 1.92. The van der Waals surface area contributed by atoms with Gasteiger partial charge in [0.25, 0.3) is 0 Å². The molecule has 0 fully saturated rings. The minimum Gasteiger partial charge on any atom is -0.327 e. The highest BCUT2D eigenvalue weighted by Gasteiger charge is 2.14. The third-order valence-corrected chi connectivity index (χ3v) is 3.06. The van der Waals surface area contributed by atoms with E-state index in [9.17, 15) is 0 Å². The lowest BCUT2D eigenvalue weighted by atomic mass is 10.2. The van der Waals surface area contributed by atoms with Crippen LogP contribution >= 0.6 is 11.6 Å². The van der Waals surface area contributed by atoms with E-state index in [4.69, 9.17) is 17.3 Å². The first-order valence-corrected chi connectivity index (χ1v) is 5.96. The molecular weight excluding hydrogens is 222 g/mol. The molecule has 0 saturated heterocycles. The molecule has 0 bridgehead atoms. The van der Waals surface area contributed by atoms with Gasteiger partial charge < -0.3 is 10.3 Å². The van der Waals surface area contributed by atoms with E-state index >= 15 is 0 Å². The van der Waals surface area contributed by atoms with Gasteiger partial charge in [-0.3, -0.25) is 0 Å². The molecule has 1 aromatic heterocycles. The summed E-state index contributed by atoms with van der Waals surface area (Å²) in [5, 5.41) is 0.713. The number of aryl methyl sites for hydroxylation is 1. The van der Waals surface area contributed by atoms with Gasteiger partial charge in [-0.25, -0.2) is 4.98 Å². The highest BCUT2D eigenvalue weighted by molar-refractivity contribution is 6.31. The summed E-state index contributed by atoms with van der Waals surface area (Å²) in [5.74, 6) is 0.947. The number of halogens is 1. The smallest absolute Gasteiger partial charge is 0.126 e. The van der Waals surface area contributed by atoms with E-state index in [1.807, 2.05) is 18.2 Å². The van der Waals surface area contributed by atoms with Crippen molar-refractivity contribution in [1.82, 2.24) is 9.55 Å². The average molecular weight is 238 g/mol. The second kappa shape index (κ2) is 4.44. The number of fused-ring (bicyclic) bond motifs is 1. The van der Waals surface area contributed by atoms with Crippen molar-refractivity contribution in [2.75, 3.05) is 0 Å². The second-order valence-electron chi connectivity index (χ2n) is 3.86. The van der Waals surface area contributed by atoms with Gasteiger partial charge in [-0.2, -0.15) is 0 Å². The molecule has 1 unspecified atom stereocenters. The third-order valence-electron chi connectivity index (χ3n) is 2.83. The van der Waals surface area contributed by atoms with Crippen LogP contribution in [0.4, 0.5) is 0 Å². The van der Waals surface area contributed by atoms with Crippen LogP contribution in [0, 0.1) is 0 Å². The molecule has 0 spiro atoms. The lowest BCUT2D eigenvalue weighted by Gasteiger charge is -2.10. The van der Waals surface area contributed by atoms with Crippen LogP contribution in [0.15, 0.2) is 18.2 Å². The minimum absolute atomic E-state index is 0.00822. The monoisotopic (exact) mass is 237 g/mol. The molecule has 1 atom stereocenters. The zero-order chi connectivity index (χ0) is 11.7. The zero-order valence-corrected chi connectivity index (χ0v) is 10.3. The Bertz CT molecular complexity index is 504. The first-order chi connectivity index (χ1) is 7.67. The van der Waals surface area contributed by atoms with Crippen molar-refractivity contribution in [2.24, 2.45) is 5.73 Å². The van der Waals surface area contributed by atoms with Crippen molar-refractivity contribution in [1.29, 1.82) is 0 Å². The van der Waals surface area contributed by atoms with E-state index in [1.54, 1.807) is 0 Å². The Morgan fingerprint density at radius 3 is 2.81 bits per heavy atom. The predicted octanol–water partition coefficient (Wildman–Crippen LogP) is 3.12. The summed E-state index contributed by atoms with van der Waals surface area (Å²) in [4.78, 5) is 4.57. The summed E-state index contributed by atoms with van der Waals surface area (Å²) in [6.45, 7) is 5.04. The summed E-state index contributed by atoms with van der Waals surface area (Å²) in [7, 11) is 0. The molecule has 2 rings (SSSR count). The number of hydrogen-bond acceptors (Lipinski definition) is 2. The molecule has 2 N–H and O–H groups in total. The normalized spacial score (nSPS) is 13.2. The second-order valence-corrected chi connectivity index (χ2v) is 4.30. The van der Waals surface area contributed by atoms with Crippen LogP contribution in [-0.2, 0) is 6.54 Å². The van der Waals surface area contributed by atoms with Crippen LogP contribution in [0.25, 0.3) is 11.0 Å². The largest absolute Gasteiger partial charge is 0.327 e. The SMILES string of the molecule is CCC(N)c1nc2cc(Cl)ccc2n1CC. The first-order valence-electron chi connectivity index (χ1n) is 5.58. The number of imidazole rings is 1. The van der Waals surface area contributed by atoms with Crippen LogP contribution in [-0.4, -0.2) is 9.55 Å². The van der Waals surface area contributed by atoms with Crippen LogP contribution in [0.5, 0.6) is 0 Å². The standard InChI is InChI=1S/C12H16ClN3/c1-3-9(14)12-15-10-7-8(13)5-6-11(10)16(12)4-2/h5-7,9H,3-4,14H2,1-2H3. The predicted molar refractivity (Wildman–Crippen MR) is 67.6 cm³/mol. The first kappa shape index (κ1) is 11.4. The molecular formula is C12H16ClN3. The van der Waals surface area contributed by atoms with E-state index in [2.05, 4.69) is 23.4 Å². The molecule has 0 aliphatic rings. The molecule has 0 saturated carbocycles. The van der Waals surface area contributed by atoms with E-state index in [0.717, 1.165) is 29.8 Å². The van der Waals surface area contributed by atoms with Gasteiger partial charge in [-0.15, -0.1) is 0 Å². The van der Waals surface area contributed by atoms with Crippen molar-refractivity contribution in [3.8, 4) is 0 Å². The number of rotatable bonds is 3. The summed E-state index contributed by atoms with van der Waals surface area (Å²) in [5.41, 5.74) is 8.08. The quantitative estimate of drug-likeness (QED) is 0.892. The molecule has 4 heteroatoms. The van der Waals surface area contributed by atoms with Gasteiger partial charge in [0.15, 0.2) is 0 Å². The number of aromatic nitrogens is 2. The van der Waals surface area contributed by atoms with Gasteiger partial charge in [-0.1, -0.05) is 18.5 Å². The molecule has 0 radical (unpaired) electrons. The fraction of sp³-hybridized carbons (Fsp3) is 0.417. The van der Waals surface area contributed by atoms with Crippen LogP contribution < -0.4 is 5.73 Å². The summed E-state index contributed by atoms with van der Waals surface area (Å²) in [6.07, 6.45) is 0.886. The Balaban J connectivity index is 2.65. The molecule has 0 amide bonds. The van der Waals surface area contributed by atoms with E-state index < -0.39 is 0 Å². The summed E-state index contributed by atoms with van der Waals surface area (Å²) < 4.78 is 2.15.